The van der Waals surface area contributed by atoms with E-state index in [-0.39, 0.29) is 20.7 Å². The van der Waals surface area contributed by atoms with Crippen molar-refractivity contribution in [2.75, 3.05) is 6.61 Å². The van der Waals surface area contributed by atoms with Crippen LogP contribution in [-0.4, -0.2) is 27.0 Å². The Hall–Kier alpha value is -1.55. The molecule has 0 fully saturated rings. The van der Waals surface area contributed by atoms with Crippen molar-refractivity contribution in [3.8, 4) is 5.75 Å². The molecule has 1 aromatic rings. The van der Waals surface area contributed by atoms with Crippen LogP contribution in [0.3, 0.4) is 0 Å². The van der Waals surface area contributed by atoms with E-state index in [0.717, 1.165) is 12.1 Å². The Morgan fingerprint density at radius 3 is 2.15 bits per heavy atom. The fourth-order valence-electron chi connectivity index (χ4n) is 1.15. The highest BCUT2D eigenvalue weighted by molar-refractivity contribution is 7.89. The first-order valence-corrected chi connectivity index (χ1v) is 7.15. The van der Waals surface area contributed by atoms with Gasteiger partial charge in [-0.3, -0.25) is 10.1 Å². The molecule has 0 aromatic heterocycles. The molecular weight excluding hydrogens is 333 g/mol. The maximum Gasteiger partial charge on any atom is 0.318 e. The topological polar surface area (TPSA) is 142 Å². The third-order valence-corrected chi connectivity index (χ3v) is 3.36. The Morgan fingerprint density at radius 2 is 1.75 bits per heavy atom. The zero-order valence-electron chi connectivity index (χ0n) is 9.72. The second-order valence-electron chi connectivity index (χ2n) is 3.46. The minimum Gasteiger partial charge on any atom is -0.481 e. The molecule has 5 N–H and O–H groups in total. The standard InChI is InChI=1S/C9H9Cl2N3O5S/c10-5-1-4(20(13,17)18)2-6(11)8(5)19-3-7(15)14-9(12)16/h1-2H,3H2,(H2,13,17,18)(H3,12,14,15,16). The number of rotatable bonds is 4. The van der Waals surface area contributed by atoms with Gasteiger partial charge in [0.25, 0.3) is 5.91 Å². The number of nitrogens with one attached hydrogen (secondary N) is 1. The van der Waals surface area contributed by atoms with Gasteiger partial charge in [0.15, 0.2) is 12.4 Å². The summed E-state index contributed by atoms with van der Waals surface area (Å²) in [6, 6.07) is 0.995. The minimum absolute atomic E-state index is 0.125. The Kier molecular flexibility index (Phi) is 5.17. The van der Waals surface area contributed by atoms with Gasteiger partial charge in [-0.05, 0) is 12.1 Å². The van der Waals surface area contributed by atoms with E-state index in [2.05, 4.69) is 0 Å². The molecule has 0 heterocycles. The molecule has 0 radical (unpaired) electrons. The number of amides is 3. The van der Waals surface area contributed by atoms with E-state index in [1.807, 2.05) is 0 Å². The van der Waals surface area contributed by atoms with Crippen molar-refractivity contribution in [1.29, 1.82) is 0 Å². The number of imide groups is 1. The zero-order valence-corrected chi connectivity index (χ0v) is 12.1. The van der Waals surface area contributed by atoms with Gasteiger partial charge in [0.2, 0.25) is 10.0 Å². The van der Waals surface area contributed by atoms with Crippen LogP contribution in [0.5, 0.6) is 5.75 Å². The summed E-state index contributed by atoms with van der Waals surface area (Å²) < 4.78 is 27.3. The molecule has 8 nitrogen and oxygen atoms in total. The smallest absolute Gasteiger partial charge is 0.318 e. The lowest BCUT2D eigenvalue weighted by Gasteiger charge is -2.10. The maximum atomic E-state index is 11.1. The summed E-state index contributed by atoms with van der Waals surface area (Å²) in [4.78, 5) is 21.2. The van der Waals surface area contributed by atoms with E-state index in [1.54, 1.807) is 5.32 Å². The van der Waals surface area contributed by atoms with E-state index >= 15 is 0 Å². The molecule has 0 aliphatic carbocycles. The molecule has 0 aliphatic rings. The van der Waals surface area contributed by atoms with Gasteiger partial charge in [0.05, 0.1) is 14.9 Å². The summed E-state index contributed by atoms with van der Waals surface area (Å²) in [5.74, 6) is -0.944. The van der Waals surface area contributed by atoms with E-state index in [4.69, 9.17) is 38.8 Å². The van der Waals surface area contributed by atoms with Gasteiger partial charge in [0, 0.05) is 0 Å². The van der Waals surface area contributed by atoms with Gasteiger partial charge in [-0.15, -0.1) is 0 Å². The Morgan fingerprint density at radius 1 is 1.25 bits per heavy atom. The number of hydrogen-bond acceptors (Lipinski definition) is 5. The van der Waals surface area contributed by atoms with Crippen LogP contribution >= 0.6 is 23.2 Å². The summed E-state index contributed by atoms with van der Waals surface area (Å²) >= 11 is 11.6. The van der Waals surface area contributed by atoms with Crippen LogP contribution in [0.25, 0.3) is 0 Å². The van der Waals surface area contributed by atoms with Crippen molar-refractivity contribution in [2.24, 2.45) is 10.9 Å². The van der Waals surface area contributed by atoms with Gasteiger partial charge >= 0.3 is 6.03 Å². The molecule has 0 bridgehead atoms. The summed E-state index contributed by atoms with van der Waals surface area (Å²) in [6.45, 7) is -0.586. The van der Waals surface area contributed by atoms with Crippen molar-refractivity contribution in [1.82, 2.24) is 5.32 Å². The van der Waals surface area contributed by atoms with E-state index < -0.39 is 28.6 Å². The third kappa shape index (κ3) is 4.53. The molecule has 0 saturated carbocycles. The molecule has 0 unspecified atom stereocenters. The lowest BCUT2D eigenvalue weighted by Crippen LogP contribution is -2.38. The van der Waals surface area contributed by atoms with Crippen LogP contribution in [0.15, 0.2) is 17.0 Å². The summed E-state index contributed by atoms with van der Waals surface area (Å²) in [6.07, 6.45) is 0. The molecule has 0 spiro atoms. The number of ether oxygens (including phenoxy) is 1. The Balaban J connectivity index is 2.93. The monoisotopic (exact) mass is 341 g/mol. The maximum absolute atomic E-state index is 11.1. The molecule has 3 amide bonds. The molecule has 0 atom stereocenters. The predicted octanol–water partition coefficient (Wildman–Crippen LogP) is 0.215. The van der Waals surface area contributed by atoms with Crippen LogP contribution in [0, 0.1) is 0 Å². The summed E-state index contributed by atoms with van der Waals surface area (Å²) in [7, 11) is -3.98. The van der Waals surface area contributed by atoms with Gasteiger partial charge in [-0.25, -0.2) is 18.4 Å². The second-order valence-corrected chi connectivity index (χ2v) is 5.84. The highest BCUT2D eigenvalue weighted by atomic mass is 35.5. The van der Waals surface area contributed by atoms with Crippen molar-refractivity contribution in [3.05, 3.63) is 22.2 Å². The van der Waals surface area contributed by atoms with E-state index in [0.29, 0.717) is 0 Å². The SMILES string of the molecule is NC(=O)NC(=O)COc1c(Cl)cc(S(N)(=O)=O)cc1Cl. The van der Waals surface area contributed by atoms with Crippen LogP contribution in [0.2, 0.25) is 10.0 Å². The van der Waals surface area contributed by atoms with Crippen molar-refractivity contribution < 1.29 is 22.7 Å². The minimum atomic E-state index is -3.98. The quantitative estimate of drug-likeness (QED) is 0.717. The predicted molar refractivity (Wildman–Crippen MR) is 71.1 cm³/mol. The van der Waals surface area contributed by atoms with Gasteiger partial charge < -0.3 is 10.5 Å². The molecule has 0 aliphatic heterocycles. The first-order chi connectivity index (χ1) is 9.11. The fourth-order valence-corrected chi connectivity index (χ4v) is 2.44. The average Bonchev–Trinajstić information content (AvgIpc) is 2.25. The van der Waals surface area contributed by atoms with Gasteiger partial charge in [-0.1, -0.05) is 23.2 Å². The fraction of sp³-hybridized carbons (Fsp3) is 0.111. The Labute approximate surface area is 124 Å². The zero-order chi connectivity index (χ0) is 15.5. The lowest BCUT2D eigenvalue weighted by atomic mass is 10.3. The number of primary sulfonamides is 1. The summed E-state index contributed by atoms with van der Waals surface area (Å²) in [5, 5.41) is 6.36. The number of hydrogen-bond donors (Lipinski definition) is 3. The molecule has 1 aromatic carbocycles. The molecule has 0 saturated heterocycles. The number of halogens is 2. The largest absolute Gasteiger partial charge is 0.481 e. The molecule has 11 heteroatoms. The highest BCUT2D eigenvalue weighted by Gasteiger charge is 2.17. The number of benzene rings is 1. The van der Waals surface area contributed by atoms with Crippen LogP contribution < -0.4 is 20.9 Å². The normalized spacial score (nSPS) is 10.9. The van der Waals surface area contributed by atoms with E-state index in [1.165, 1.54) is 0 Å². The van der Waals surface area contributed by atoms with Gasteiger partial charge in [0.1, 0.15) is 0 Å². The molecule has 20 heavy (non-hydrogen) atoms. The van der Waals surface area contributed by atoms with E-state index in [9.17, 15) is 18.0 Å². The van der Waals surface area contributed by atoms with Crippen LogP contribution in [0.4, 0.5) is 4.79 Å². The lowest BCUT2D eigenvalue weighted by molar-refractivity contribution is -0.121. The number of urea groups is 1. The molecular formula is C9H9Cl2N3O5S. The van der Waals surface area contributed by atoms with Crippen LogP contribution in [-0.2, 0) is 14.8 Å². The first kappa shape index (κ1) is 16.5. The highest BCUT2D eigenvalue weighted by Crippen LogP contribution is 2.35. The number of carbonyl (C=O) groups is 2. The van der Waals surface area contributed by atoms with Crippen LogP contribution in [0.1, 0.15) is 0 Å². The molecule has 1 rings (SSSR count). The third-order valence-electron chi connectivity index (χ3n) is 1.91. The number of nitrogens with two attached hydrogens (primary N) is 2. The Bertz CT molecular complexity index is 639. The average molecular weight is 342 g/mol. The van der Waals surface area contributed by atoms with Crippen molar-refractivity contribution >= 4 is 45.2 Å². The van der Waals surface area contributed by atoms with Crippen molar-refractivity contribution in [2.45, 2.75) is 4.90 Å². The first-order valence-electron chi connectivity index (χ1n) is 4.85. The second kappa shape index (κ2) is 6.27. The molecule has 110 valence electrons. The van der Waals surface area contributed by atoms with Crippen molar-refractivity contribution in [3.63, 3.8) is 0 Å². The number of primary amides is 1. The van der Waals surface area contributed by atoms with Gasteiger partial charge in [-0.2, -0.15) is 0 Å². The summed E-state index contributed by atoms with van der Waals surface area (Å²) in [5.41, 5.74) is 4.73. The number of carbonyl (C=O) groups excluding carboxylic acids is 2. The number of sulfonamides is 1.